The van der Waals surface area contributed by atoms with Crippen LogP contribution in [0, 0.1) is 0 Å². The molecule has 0 aliphatic carbocycles. The fourth-order valence-electron chi connectivity index (χ4n) is 8.11. The highest BCUT2D eigenvalue weighted by Crippen LogP contribution is 2.39. The molecule has 0 aliphatic heterocycles. The molecule has 0 saturated heterocycles. The lowest BCUT2D eigenvalue weighted by Crippen LogP contribution is -1.94. The van der Waals surface area contributed by atoms with E-state index in [-0.39, 0.29) is 0 Å². The van der Waals surface area contributed by atoms with Gasteiger partial charge in [0.1, 0.15) is 16.8 Å². The van der Waals surface area contributed by atoms with Gasteiger partial charge in [-0.1, -0.05) is 152 Å². The van der Waals surface area contributed by atoms with Gasteiger partial charge in [-0.05, 0) is 81.9 Å². The average Bonchev–Trinajstić information content (AvgIpc) is 3.82. The maximum atomic E-state index is 6.75. The fraction of sp³-hybridized carbons (Fsp3) is 0. The Morgan fingerprint density at radius 3 is 1.57 bits per heavy atom. The molecule has 0 amide bonds. The molecule has 11 aromatic rings. The van der Waals surface area contributed by atoms with Crippen molar-refractivity contribution in [1.82, 2.24) is 14.5 Å². The van der Waals surface area contributed by atoms with Crippen molar-refractivity contribution in [2.45, 2.75) is 0 Å². The molecule has 0 N–H and O–H groups in total. The van der Waals surface area contributed by atoms with Crippen LogP contribution in [0.4, 0.5) is 0 Å². The van der Waals surface area contributed by atoms with Gasteiger partial charge in [-0.25, -0.2) is 9.97 Å². The summed E-state index contributed by atoms with van der Waals surface area (Å²) in [7, 11) is 0. The maximum Gasteiger partial charge on any atom is 0.180 e. The number of nitrogens with zero attached hydrogens (tertiary/aromatic N) is 3. The second kappa shape index (κ2) is 13.1. The van der Waals surface area contributed by atoms with Crippen molar-refractivity contribution in [3.05, 3.63) is 200 Å². The Morgan fingerprint density at radius 1 is 0.357 bits per heavy atom. The molecule has 0 bridgehead atoms. The molecular formula is C52H33N3O. The molecule has 8 aromatic carbocycles. The molecule has 0 atom stereocenters. The van der Waals surface area contributed by atoms with Crippen molar-refractivity contribution < 1.29 is 4.42 Å². The minimum atomic E-state index is 0.667. The van der Waals surface area contributed by atoms with Crippen LogP contribution in [0.2, 0.25) is 0 Å². The summed E-state index contributed by atoms with van der Waals surface area (Å²) in [6.45, 7) is 0. The van der Waals surface area contributed by atoms with Crippen LogP contribution in [0.5, 0.6) is 0 Å². The topological polar surface area (TPSA) is 43.9 Å². The third-order valence-electron chi connectivity index (χ3n) is 10.8. The Morgan fingerprint density at radius 2 is 0.875 bits per heavy atom. The van der Waals surface area contributed by atoms with Gasteiger partial charge in [0.2, 0.25) is 0 Å². The van der Waals surface area contributed by atoms with Crippen LogP contribution in [-0.4, -0.2) is 14.5 Å². The van der Waals surface area contributed by atoms with Gasteiger partial charge >= 0.3 is 0 Å². The van der Waals surface area contributed by atoms with Gasteiger partial charge in [-0.2, -0.15) is 0 Å². The van der Waals surface area contributed by atoms with E-state index in [1.54, 1.807) is 0 Å². The smallest absolute Gasteiger partial charge is 0.180 e. The molecule has 4 heteroatoms. The summed E-state index contributed by atoms with van der Waals surface area (Å²) < 4.78 is 9.12. The van der Waals surface area contributed by atoms with E-state index >= 15 is 0 Å². The van der Waals surface area contributed by atoms with Gasteiger partial charge in [0, 0.05) is 33.0 Å². The molecule has 0 spiro atoms. The average molecular weight is 716 g/mol. The lowest BCUT2D eigenvalue weighted by atomic mass is 9.98. The van der Waals surface area contributed by atoms with Gasteiger partial charge < -0.3 is 8.98 Å². The summed E-state index contributed by atoms with van der Waals surface area (Å²) in [6, 6.07) is 70.4. The first-order valence-electron chi connectivity index (χ1n) is 18.9. The fourth-order valence-corrected chi connectivity index (χ4v) is 8.11. The summed E-state index contributed by atoms with van der Waals surface area (Å²) in [5.41, 5.74) is 15.3. The Labute approximate surface area is 323 Å². The highest BCUT2D eigenvalue weighted by atomic mass is 16.3. The van der Waals surface area contributed by atoms with E-state index in [1.807, 2.05) is 24.3 Å². The number of hydrogen-bond acceptors (Lipinski definition) is 3. The molecule has 262 valence electrons. The van der Waals surface area contributed by atoms with Gasteiger partial charge in [0.05, 0.1) is 11.0 Å². The monoisotopic (exact) mass is 715 g/mol. The highest BCUT2D eigenvalue weighted by Gasteiger charge is 2.20. The Balaban J connectivity index is 1.02. The lowest BCUT2D eigenvalue weighted by molar-refractivity contribution is 0.667. The summed E-state index contributed by atoms with van der Waals surface area (Å²) in [4.78, 5) is 10.3. The number of furan rings is 1. The first kappa shape index (κ1) is 31.9. The molecule has 3 aromatic heterocycles. The summed E-state index contributed by atoms with van der Waals surface area (Å²) in [6.07, 6.45) is 0. The van der Waals surface area contributed by atoms with Crippen LogP contribution >= 0.6 is 0 Å². The molecule has 0 saturated carbocycles. The number of hydrogen-bond donors (Lipinski definition) is 0. The highest BCUT2D eigenvalue weighted by molar-refractivity contribution is 6.10. The van der Waals surface area contributed by atoms with E-state index in [4.69, 9.17) is 14.4 Å². The molecule has 0 fully saturated rings. The zero-order chi connectivity index (χ0) is 37.0. The second-order valence-electron chi connectivity index (χ2n) is 14.2. The van der Waals surface area contributed by atoms with E-state index in [0.29, 0.717) is 11.4 Å². The number of benzene rings is 8. The number of para-hydroxylation sites is 2. The molecule has 3 heterocycles. The minimum absolute atomic E-state index is 0.667. The van der Waals surface area contributed by atoms with Crippen LogP contribution in [0.15, 0.2) is 205 Å². The molecule has 0 unspecified atom stereocenters. The number of fused-ring (bicyclic) bond motifs is 6. The molecule has 0 radical (unpaired) electrons. The zero-order valence-electron chi connectivity index (χ0n) is 30.3. The molecule has 4 nitrogen and oxygen atoms in total. The third kappa shape index (κ3) is 5.39. The third-order valence-corrected chi connectivity index (χ3v) is 10.8. The van der Waals surface area contributed by atoms with E-state index in [1.165, 1.54) is 21.8 Å². The van der Waals surface area contributed by atoms with Crippen LogP contribution in [0.1, 0.15) is 0 Å². The van der Waals surface area contributed by atoms with E-state index in [9.17, 15) is 0 Å². The van der Waals surface area contributed by atoms with Gasteiger partial charge in [0.25, 0.3) is 0 Å². The molecule has 11 rings (SSSR count). The first-order chi connectivity index (χ1) is 27.7. The summed E-state index contributed by atoms with van der Waals surface area (Å²) in [5, 5.41) is 3.47. The normalized spacial score (nSPS) is 11.6. The van der Waals surface area contributed by atoms with Gasteiger partial charge in [-0.3, -0.25) is 0 Å². The predicted octanol–water partition coefficient (Wildman–Crippen LogP) is 13.8. The minimum Gasteiger partial charge on any atom is -0.452 e. The van der Waals surface area contributed by atoms with Gasteiger partial charge in [-0.15, -0.1) is 0 Å². The SMILES string of the molecule is c1ccc(-c2cccc(-c3nc(-c4ccccc4)nc4c3oc3cc(-c5cccc(-c6cccc(-n7c8ccccc8c8ccccc87)c6)c5)ccc34)c2)cc1. The molecule has 56 heavy (non-hydrogen) atoms. The van der Waals surface area contributed by atoms with Gasteiger partial charge in [0.15, 0.2) is 11.4 Å². The van der Waals surface area contributed by atoms with E-state index in [2.05, 4.69) is 180 Å². The number of aromatic nitrogens is 3. The molecule has 0 aliphatic rings. The van der Waals surface area contributed by atoms with Crippen molar-refractivity contribution in [3.63, 3.8) is 0 Å². The van der Waals surface area contributed by atoms with Crippen molar-refractivity contribution in [1.29, 1.82) is 0 Å². The van der Waals surface area contributed by atoms with Crippen molar-refractivity contribution in [2.75, 3.05) is 0 Å². The lowest BCUT2D eigenvalue weighted by Gasteiger charge is -2.11. The van der Waals surface area contributed by atoms with Crippen molar-refractivity contribution >= 4 is 43.9 Å². The summed E-state index contributed by atoms with van der Waals surface area (Å²) in [5.74, 6) is 0.667. The first-order valence-corrected chi connectivity index (χ1v) is 18.9. The van der Waals surface area contributed by atoms with Crippen LogP contribution < -0.4 is 0 Å². The van der Waals surface area contributed by atoms with Crippen LogP contribution in [-0.2, 0) is 0 Å². The van der Waals surface area contributed by atoms with Crippen molar-refractivity contribution in [2.24, 2.45) is 0 Å². The predicted molar refractivity (Wildman–Crippen MR) is 231 cm³/mol. The van der Waals surface area contributed by atoms with Crippen molar-refractivity contribution in [3.8, 4) is 61.7 Å². The van der Waals surface area contributed by atoms with E-state index in [0.717, 1.165) is 72.4 Å². The Bertz CT molecular complexity index is 3200. The zero-order valence-corrected chi connectivity index (χ0v) is 30.3. The van der Waals surface area contributed by atoms with Crippen LogP contribution in [0.3, 0.4) is 0 Å². The van der Waals surface area contributed by atoms with Crippen LogP contribution in [0.25, 0.3) is 106 Å². The Kier molecular flexibility index (Phi) is 7.46. The number of rotatable bonds is 6. The standard InChI is InChI=1S/C52H33N3O/c1-3-14-34(15-4-1)36-18-12-22-41(31-36)49-51-50(54-52(53-49)35-16-5-2-6-17-35)45-29-28-40(33-48(45)56-51)38-20-11-19-37(30-38)39-21-13-23-42(32-39)55-46-26-9-7-24-43(46)44-25-8-10-27-47(44)55/h1-33H. The second-order valence-corrected chi connectivity index (χ2v) is 14.2. The quantitative estimate of drug-likeness (QED) is 0.172. The molecular weight excluding hydrogens is 683 g/mol. The largest absolute Gasteiger partial charge is 0.452 e. The maximum absolute atomic E-state index is 6.75. The summed E-state index contributed by atoms with van der Waals surface area (Å²) >= 11 is 0. The Hall–Kier alpha value is -7.56. The van der Waals surface area contributed by atoms with E-state index < -0.39 is 0 Å².